The van der Waals surface area contributed by atoms with Crippen LogP contribution in [0.2, 0.25) is 16.2 Å². The molecule has 5 heterocycles. The van der Waals surface area contributed by atoms with Crippen molar-refractivity contribution in [1.29, 1.82) is 0 Å². The molecule has 2 amide bonds. The molecule has 36 heavy (non-hydrogen) atoms. The lowest BCUT2D eigenvalue weighted by Gasteiger charge is -2.28. The van der Waals surface area contributed by atoms with E-state index in [0.29, 0.717) is 6.17 Å². The SMILES string of the molecule is COc1c(Cl)cc(NC(=O)N2C[C@@](C)(C(F)(F)F)c3c2cnc2cc(Cl)nn32)nc1O[Si]1CCNC1. The highest BCUT2D eigenvalue weighted by Crippen LogP contribution is 2.50. The summed E-state index contributed by atoms with van der Waals surface area (Å²) in [6.45, 7) is 1.11. The predicted octanol–water partition coefficient (Wildman–Crippen LogP) is 3.82. The molecule has 1 fully saturated rings. The van der Waals surface area contributed by atoms with Crippen LogP contribution in [-0.4, -0.2) is 67.2 Å². The number of alkyl halides is 3. The second-order valence-electron chi connectivity index (χ2n) is 8.47. The second kappa shape index (κ2) is 8.94. The second-order valence-corrected chi connectivity index (χ2v) is 11.4. The van der Waals surface area contributed by atoms with Gasteiger partial charge in [-0.2, -0.15) is 23.3 Å². The standard InChI is InChI=1S/C20H19Cl2F3N7O3Si/c1-19(20(23,24)25)8-31(11-7-27-14-6-12(22)30-32(14)16(11)19)18(33)29-13-5-10(21)15(34-2)17(28-13)35-36-4-3-26-9-36/h5-7,26H,3-4,8-9H2,1-2H3,(H,28,29,33)/t19-/m1/s1. The van der Waals surface area contributed by atoms with Crippen molar-refractivity contribution in [2.75, 3.05) is 36.6 Å². The third kappa shape index (κ3) is 4.11. The first-order valence-corrected chi connectivity index (χ1v) is 13.3. The van der Waals surface area contributed by atoms with Crippen LogP contribution >= 0.6 is 23.2 Å². The number of carbonyl (C=O) groups is 1. The van der Waals surface area contributed by atoms with Crippen LogP contribution in [0.25, 0.3) is 5.65 Å². The Morgan fingerprint density at radius 1 is 1.33 bits per heavy atom. The Morgan fingerprint density at radius 2 is 2.11 bits per heavy atom. The van der Waals surface area contributed by atoms with Gasteiger partial charge >= 0.3 is 12.2 Å². The van der Waals surface area contributed by atoms with E-state index in [1.807, 2.05) is 0 Å². The Morgan fingerprint density at radius 3 is 2.78 bits per heavy atom. The predicted molar refractivity (Wildman–Crippen MR) is 128 cm³/mol. The van der Waals surface area contributed by atoms with Gasteiger partial charge in [0.05, 0.1) is 29.7 Å². The summed E-state index contributed by atoms with van der Waals surface area (Å²) in [5.74, 6) is 0.305. The maximum absolute atomic E-state index is 14.3. The number of urea groups is 1. The van der Waals surface area contributed by atoms with Gasteiger partial charge in [-0.25, -0.2) is 14.3 Å². The molecule has 2 N–H and O–H groups in total. The van der Waals surface area contributed by atoms with Gasteiger partial charge in [-0.15, -0.1) is 0 Å². The van der Waals surface area contributed by atoms with Gasteiger partial charge < -0.3 is 14.5 Å². The van der Waals surface area contributed by atoms with Crippen LogP contribution in [0.5, 0.6) is 11.6 Å². The highest BCUT2D eigenvalue weighted by atomic mass is 35.5. The Balaban J connectivity index is 1.50. The lowest BCUT2D eigenvalue weighted by molar-refractivity contribution is -0.181. The minimum atomic E-state index is -4.70. The molecule has 0 unspecified atom stereocenters. The first kappa shape index (κ1) is 24.9. The normalized spacial score (nSPS) is 20.1. The van der Waals surface area contributed by atoms with E-state index in [0.717, 1.165) is 28.9 Å². The number of hydrogen-bond acceptors (Lipinski definition) is 7. The van der Waals surface area contributed by atoms with Crippen molar-refractivity contribution in [2.24, 2.45) is 0 Å². The largest absolute Gasteiger partial charge is 0.525 e. The molecule has 0 saturated carbocycles. The number of amides is 2. The fourth-order valence-electron chi connectivity index (χ4n) is 4.24. The minimum absolute atomic E-state index is 0.00677. The zero-order valence-electron chi connectivity index (χ0n) is 18.9. The first-order chi connectivity index (χ1) is 17.0. The zero-order chi connectivity index (χ0) is 25.8. The summed E-state index contributed by atoms with van der Waals surface area (Å²) >= 11 is 12.2. The summed E-state index contributed by atoms with van der Waals surface area (Å²) in [7, 11) is 0.158. The molecule has 16 heteroatoms. The number of carbonyl (C=O) groups excluding carboxylic acids is 1. The van der Waals surface area contributed by atoms with Crippen LogP contribution < -0.4 is 24.7 Å². The molecule has 0 aromatic carbocycles. The minimum Gasteiger partial charge on any atom is -0.525 e. The number of nitrogens with zero attached hydrogens (tertiary/aromatic N) is 5. The molecule has 10 nitrogen and oxygen atoms in total. The third-order valence-electron chi connectivity index (χ3n) is 6.07. The van der Waals surface area contributed by atoms with Crippen LogP contribution in [0.4, 0.5) is 29.5 Å². The highest BCUT2D eigenvalue weighted by Gasteiger charge is 2.60. The summed E-state index contributed by atoms with van der Waals surface area (Å²) in [5.41, 5.74) is -2.61. The molecule has 191 valence electrons. The van der Waals surface area contributed by atoms with E-state index in [9.17, 15) is 18.0 Å². The number of halogens is 5. The van der Waals surface area contributed by atoms with Crippen molar-refractivity contribution in [1.82, 2.24) is 24.9 Å². The van der Waals surface area contributed by atoms with Crippen molar-refractivity contribution in [3.8, 4) is 11.6 Å². The van der Waals surface area contributed by atoms with Gasteiger partial charge in [-0.1, -0.05) is 23.2 Å². The van der Waals surface area contributed by atoms with E-state index in [1.54, 1.807) is 0 Å². The summed E-state index contributed by atoms with van der Waals surface area (Å²) in [5, 5.41) is 9.80. The molecular weight excluding hydrogens is 542 g/mol. The Hall–Kier alpha value is -2.81. The first-order valence-electron chi connectivity index (χ1n) is 10.7. The molecule has 5 rings (SSSR count). The van der Waals surface area contributed by atoms with Crippen molar-refractivity contribution in [3.63, 3.8) is 0 Å². The van der Waals surface area contributed by atoms with Gasteiger partial charge in [-0.05, 0) is 19.5 Å². The molecule has 0 spiro atoms. The fraction of sp³-hybridized carbons (Fsp3) is 0.400. The number of methoxy groups -OCH3 is 1. The monoisotopic (exact) mass is 560 g/mol. The van der Waals surface area contributed by atoms with Gasteiger partial charge in [-0.3, -0.25) is 10.2 Å². The number of aromatic nitrogens is 4. The van der Waals surface area contributed by atoms with Gasteiger partial charge in [0, 0.05) is 24.8 Å². The van der Waals surface area contributed by atoms with Crippen molar-refractivity contribution >= 4 is 55.4 Å². The van der Waals surface area contributed by atoms with Crippen LogP contribution in [-0.2, 0) is 5.41 Å². The van der Waals surface area contributed by atoms with Crippen LogP contribution in [0.3, 0.4) is 0 Å². The molecule has 0 aliphatic carbocycles. The lowest BCUT2D eigenvalue weighted by Crippen LogP contribution is -2.46. The smallest absolute Gasteiger partial charge is 0.401 e. The Kier molecular flexibility index (Phi) is 6.17. The van der Waals surface area contributed by atoms with Crippen LogP contribution in [0, 0.1) is 0 Å². The number of hydrogen-bond donors (Lipinski definition) is 2. The molecule has 2 aliphatic heterocycles. The maximum Gasteiger partial charge on any atom is 0.401 e. The summed E-state index contributed by atoms with van der Waals surface area (Å²) in [6.07, 6.45) is -2.81. The van der Waals surface area contributed by atoms with E-state index in [4.69, 9.17) is 32.4 Å². The quantitative estimate of drug-likeness (QED) is 0.467. The number of anilines is 2. The molecule has 0 bridgehead atoms. The number of nitrogens with one attached hydrogen (secondary N) is 2. The summed E-state index contributed by atoms with van der Waals surface area (Å²) in [6, 6.07) is 2.65. The Labute approximate surface area is 214 Å². The van der Waals surface area contributed by atoms with Crippen molar-refractivity contribution in [3.05, 3.63) is 34.2 Å². The van der Waals surface area contributed by atoms with Crippen molar-refractivity contribution in [2.45, 2.75) is 24.6 Å². The molecule has 1 saturated heterocycles. The lowest BCUT2D eigenvalue weighted by atomic mass is 9.88. The highest BCUT2D eigenvalue weighted by molar-refractivity contribution is 6.53. The van der Waals surface area contributed by atoms with E-state index in [2.05, 4.69) is 25.7 Å². The van der Waals surface area contributed by atoms with Gasteiger partial charge in [0.25, 0.3) is 9.04 Å². The van der Waals surface area contributed by atoms with Crippen molar-refractivity contribution < 1.29 is 27.1 Å². The van der Waals surface area contributed by atoms with Crippen LogP contribution in [0.1, 0.15) is 12.6 Å². The number of rotatable bonds is 4. The molecule has 1 atom stereocenters. The topological polar surface area (TPSA) is 106 Å². The summed E-state index contributed by atoms with van der Waals surface area (Å²) in [4.78, 5) is 22.6. The number of ether oxygens (including phenoxy) is 1. The number of pyridine rings is 1. The van der Waals surface area contributed by atoms with Gasteiger partial charge in [0.1, 0.15) is 11.2 Å². The van der Waals surface area contributed by atoms with E-state index in [-0.39, 0.29) is 44.7 Å². The molecule has 3 aromatic heterocycles. The average molecular weight is 561 g/mol. The third-order valence-corrected chi connectivity index (χ3v) is 8.47. The van der Waals surface area contributed by atoms with E-state index >= 15 is 0 Å². The zero-order valence-corrected chi connectivity index (χ0v) is 21.4. The van der Waals surface area contributed by atoms with Gasteiger partial charge in [0.2, 0.25) is 5.88 Å². The number of fused-ring (bicyclic) bond motifs is 3. The van der Waals surface area contributed by atoms with Crippen LogP contribution in [0.15, 0.2) is 18.3 Å². The average Bonchev–Trinajstić information content (AvgIpc) is 3.50. The molecule has 2 aliphatic rings. The van der Waals surface area contributed by atoms with E-state index in [1.165, 1.54) is 25.4 Å². The molecule has 3 aromatic rings. The molecular formula is C20H19Cl2F3N7O3Si. The molecule has 1 radical (unpaired) electrons. The van der Waals surface area contributed by atoms with E-state index < -0.39 is 33.2 Å². The summed E-state index contributed by atoms with van der Waals surface area (Å²) < 4.78 is 55.2. The fourth-order valence-corrected chi connectivity index (χ4v) is 6.34. The maximum atomic E-state index is 14.3. The van der Waals surface area contributed by atoms with Gasteiger partial charge in [0.15, 0.2) is 16.5 Å². The Bertz CT molecular complexity index is 1350.